The number of hydrogen-bond donors (Lipinski definition) is 2. The van der Waals surface area contributed by atoms with Gasteiger partial charge in [0.2, 0.25) is 5.55 Å². The van der Waals surface area contributed by atoms with Gasteiger partial charge in [-0.1, -0.05) is 11.6 Å². The van der Waals surface area contributed by atoms with E-state index >= 15 is 0 Å². The van der Waals surface area contributed by atoms with E-state index in [0.29, 0.717) is 24.1 Å². The highest BCUT2D eigenvalue weighted by atomic mass is 35.5. The number of nitrogens with zero attached hydrogens (tertiary/aromatic N) is 1. The van der Waals surface area contributed by atoms with Gasteiger partial charge in [0.15, 0.2) is 0 Å². The van der Waals surface area contributed by atoms with Gasteiger partial charge in [0.25, 0.3) is 5.91 Å². The zero-order valence-electron chi connectivity index (χ0n) is 15.3. The first-order valence-corrected chi connectivity index (χ1v) is 9.54. The van der Waals surface area contributed by atoms with Crippen molar-refractivity contribution in [3.63, 3.8) is 0 Å². The van der Waals surface area contributed by atoms with Gasteiger partial charge in [-0.15, -0.1) is 0 Å². The zero-order chi connectivity index (χ0) is 20.4. The van der Waals surface area contributed by atoms with Crippen LogP contribution in [0.15, 0.2) is 51.9 Å². The molecule has 29 heavy (non-hydrogen) atoms. The molecule has 1 saturated heterocycles. The molecule has 0 unspecified atom stereocenters. The molecule has 1 aliphatic heterocycles. The molecule has 2 aromatic carbocycles. The van der Waals surface area contributed by atoms with Crippen molar-refractivity contribution in [2.45, 2.75) is 18.9 Å². The summed E-state index contributed by atoms with van der Waals surface area (Å²) in [4.78, 5) is 17.0. The molecule has 1 aromatic heterocycles. The monoisotopic (exact) mass is 416 g/mol. The van der Waals surface area contributed by atoms with E-state index in [9.17, 15) is 14.3 Å². The molecule has 0 aliphatic carbocycles. The SMILES string of the molecule is O=C(NC[C@@H]1CCCO1)c1cc2ccc(O)cc2oc1=Nc1ccc(Cl)cc1F. The second kappa shape index (κ2) is 8.23. The number of amides is 1. The minimum absolute atomic E-state index is 0.000423. The summed E-state index contributed by atoms with van der Waals surface area (Å²) in [5.74, 6) is -1.05. The predicted octanol–water partition coefficient (Wildman–Crippen LogP) is 4.07. The Bertz CT molecular complexity index is 1140. The van der Waals surface area contributed by atoms with Crippen molar-refractivity contribution < 1.29 is 23.4 Å². The van der Waals surface area contributed by atoms with Crippen molar-refractivity contribution >= 4 is 34.2 Å². The van der Waals surface area contributed by atoms with E-state index in [0.717, 1.165) is 18.9 Å². The molecule has 4 rings (SSSR count). The third kappa shape index (κ3) is 4.41. The lowest BCUT2D eigenvalue weighted by atomic mass is 10.1. The van der Waals surface area contributed by atoms with E-state index in [1.165, 1.54) is 24.3 Å². The second-order valence-corrected chi connectivity index (χ2v) is 7.18. The molecule has 2 N–H and O–H groups in total. The summed E-state index contributed by atoms with van der Waals surface area (Å²) in [5, 5.41) is 13.4. The predicted molar refractivity (Wildman–Crippen MR) is 106 cm³/mol. The van der Waals surface area contributed by atoms with Crippen LogP contribution in [0, 0.1) is 5.82 Å². The average molecular weight is 417 g/mol. The lowest BCUT2D eigenvalue weighted by Crippen LogP contribution is -2.34. The molecule has 150 valence electrons. The van der Waals surface area contributed by atoms with Crippen LogP contribution in [0.1, 0.15) is 23.2 Å². The quantitative estimate of drug-likeness (QED) is 0.671. The number of rotatable bonds is 4. The van der Waals surface area contributed by atoms with Gasteiger partial charge in [-0.3, -0.25) is 4.79 Å². The van der Waals surface area contributed by atoms with Crippen LogP contribution in [-0.2, 0) is 4.74 Å². The van der Waals surface area contributed by atoms with Gasteiger partial charge in [0, 0.05) is 29.6 Å². The molecule has 1 atom stereocenters. The minimum atomic E-state index is -0.644. The van der Waals surface area contributed by atoms with Crippen molar-refractivity contribution in [2.75, 3.05) is 13.2 Å². The molecule has 8 heteroatoms. The normalized spacial score (nSPS) is 17.0. The lowest BCUT2D eigenvalue weighted by molar-refractivity contribution is 0.0854. The summed E-state index contributed by atoms with van der Waals surface area (Å²) in [6, 6.07) is 10.1. The Kier molecular flexibility index (Phi) is 5.51. The maximum absolute atomic E-state index is 14.2. The van der Waals surface area contributed by atoms with Crippen LogP contribution in [0.25, 0.3) is 11.0 Å². The van der Waals surface area contributed by atoms with E-state index in [1.54, 1.807) is 12.1 Å². The van der Waals surface area contributed by atoms with E-state index in [1.807, 2.05) is 0 Å². The molecule has 1 amide bonds. The highest BCUT2D eigenvalue weighted by molar-refractivity contribution is 6.30. The number of carbonyl (C=O) groups excluding carboxylic acids is 1. The number of halogens is 2. The molecule has 1 fully saturated rings. The Morgan fingerprint density at radius 2 is 2.14 bits per heavy atom. The van der Waals surface area contributed by atoms with Crippen LogP contribution < -0.4 is 10.9 Å². The van der Waals surface area contributed by atoms with Crippen molar-refractivity contribution in [2.24, 2.45) is 4.99 Å². The van der Waals surface area contributed by atoms with E-state index < -0.39 is 11.7 Å². The van der Waals surface area contributed by atoms with Crippen LogP contribution >= 0.6 is 11.6 Å². The van der Waals surface area contributed by atoms with Gasteiger partial charge in [0.1, 0.15) is 28.4 Å². The van der Waals surface area contributed by atoms with Crippen LogP contribution in [0.5, 0.6) is 5.75 Å². The first-order valence-electron chi connectivity index (χ1n) is 9.16. The number of nitrogens with one attached hydrogen (secondary N) is 1. The summed E-state index contributed by atoms with van der Waals surface area (Å²) < 4.78 is 25.5. The van der Waals surface area contributed by atoms with Crippen LogP contribution in [0.3, 0.4) is 0 Å². The van der Waals surface area contributed by atoms with Crippen molar-refractivity contribution in [3.05, 3.63) is 64.4 Å². The number of ether oxygens (including phenoxy) is 1. The topological polar surface area (TPSA) is 84.1 Å². The molecule has 0 saturated carbocycles. The molecule has 6 nitrogen and oxygen atoms in total. The maximum atomic E-state index is 14.2. The summed E-state index contributed by atoms with van der Waals surface area (Å²) in [6.07, 6.45) is 1.82. The van der Waals surface area contributed by atoms with Crippen molar-refractivity contribution in [1.29, 1.82) is 0 Å². The Morgan fingerprint density at radius 1 is 1.28 bits per heavy atom. The fourth-order valence-corrected chi connectivity index (χ4v) is 3.30. The molecular formula is C21H18ClFN2O4. The molecule has 2 heterocycles. The summed E-state index contributed by atoms with van der Waals surface area (Å²) in [5.41, 5.74) is 0.365. The number of aromatic hydroxyl groups is 1. The Morgan fingerprint density at radius 3 is 2.90 bits per heavy atom. The second-order valence-electron chi connectivity index (χ2n) is 6.74. The molecule has 0 radical (unpaired) electrons. The lowest BCUT2D eigenvalue weighted by Gasteiger charge is -2.11. The van der Waals surface area contributed by atoms with Gasteiger partial charge in [0.05, 0.1) is 6.10 Å². The third-order valence-electron chi connectivity index (χ3n) is 4.62. The summed E-state index contributed by atoms with van der Waals surface area (Å²) in [6.45, 7) is 1.05. The summed E-state index contributed by atoms with van der Waals surface area (Å²) >= 11 is 5.79. The maximum Gasteiger partial charge on any atom is 0.256 e. The van der Waals surface area contributed by atoms with Crippen LogP contribution in [-0.4, -0.2) is 30.3 Å². The van der Waals surface area contributed by atoms with E-state index in [-0.39, 0.29) is 33.7 Å². The average Bonchev–Trinajstić information content (AvgIpc) is 3.21. The molecule has 0 spiro atoms. The molecule has 1 aliphatic rings. The first kappa shape index (κ1) is 19.4. The summed E-state index contributed by atoms with van der Waals surface area (Å²) in [7, 11) is 0. The Labute approximate surface area is 170 Å². The number of fused-ring (bicyclic) bond motifs is 1. The molecular weight excluding hydrogens is 399 g/mol. The standard InChI is InChI=1S/C21H18ClFN2O4/c22-13-4-6-18(17(23)9-13)25-21-16(20(27)24-11-15-2-1-7-28-15)8-12-3-5-14(26)10-19(12)29-21/h3-6,8-10,15,26H,1-2,7,11H2,(H,24,27)/t15-/m0/s1. The third-order valence-corrected chi connectivity index (χ3v) is 4.86. The van der Waals surface area contributed by atoms with Gasteiger partial charge in [-0.2, -0.15) is 0 Å². The number of phenols is 1. The number of hydrogen-bond acceptors (Lipinski definition) is 5. The molecule has 3 aromatic rings. The highest BCUT2D eigenvalue weighted by Gasteiger charge is 2.19. The van der Waals surface area contributed by atoms with Gasteiger partial charge in [-0.05, 0) is 49.2 Å². The highest BCUT2D eigenvalue weighted by Crippen LogP contribution is 2.23. The largest absolute Gasteiger partial charge is 0.508 e. The smallest absolute Gasteiger partial charge is 0.256 e. The number of benzene rings is 2. The van der Waals surface area contributed by atoms with Crippen LogP contribution in [0.4, 0.5) is 10.1 Å². The Hall–Kier alpha value is -2.90. The van der Waals surface area contributed by atoms with Gasteiger partial charge < -0.3 is 19.6 Å². The zero-order valence-corrected chi connectivity index (χ0v) is 16.1. The first-order chi connectivity index (χ1) is 14.0. The van der Waals surface area contributed by atoms with E-state index in [2.05, 4.69) is 10.3 Å². The van der Waals surface area contributed by atoms with Crippen molar-refractivity contribution in [3.8, 4) is 5.75 Å². The fourth-order valence-electron chi connectivity index (χ4n) is 3.14. The van der Waals surface area contributed by atoms with Crippen LogP contribution in [0.2, 0.25) is 5.02 Å². The fraction of sp³-hybridized carbons (Fsp3) is 0.238. The Balaban J connectivity index is 1.78. The van der Waals surface area contributed by atoms with Gasteiger partial charge >= 0.3 is 0 Å². The number of phenolic OH excluding ortho intramolecular Hbond substituents is 1. The van der Waals surface area contributed by atoms with E-state index in [4.69, 9.17) is 20.8 Å². The number of carbonyl (C=O) groups is 1. The van der Waals surface area contributed by atoms with Crippen molar-refractivity contribution in [1.82, 2.24) is 5.32 Å². The minimum Gasteiger partial charge on any atom is -0.508 e. The van der Waals surface area contributed by atoms with Gasteiger partial charge in [-0.25, -0.2) is 9.38 Å². The molecule has 0 bridgehead atoms.